The van der Waals surface area contributed by atoms with Crippen LogP contribution in [0.5, 0.6) is 0 Å². The van der Waals surface area contributed by atoms with Crippen LogP contribution in [0, 0.1) is 0 Å². The average Bonchev–Trinajstić information content (AvgIpc) is 2.20. The van der Waals surface area contributed by atoms with E-state index >= 15 is 0 Å². The third-order valence-corrected chi connectivity index (χ3v) is 2.00. The van der Waals surface area contributed by atoms with E-state index in [4.69, 9.17) is 10.5 Å². The Balaban J connectivity index is 2.53. The molecule has 4 heteroatoms. The van der Waals surface area contributed by atoms with E-state index in [1.54, 1.807) is 13.3 Å². The van der Waals surface area contributed by atoms with E-state index in [9.17, 15) is 0 Å². The first-order valence-electron chi connectivity index (χ1n) is 4.73. The van der Waals surface area contributed by atoms with Gasteiger partial charge in [-0.1, -0.05) is 6.92 Å². The lowest BCUT2D eigenvalue weighted by Gasteiger charge is -2.16. The van der Waals surface area contributed by atoms with Gasteiger partial charge in [-0.25, -0.2) is 4.98 Å². The van der Waals surface area contributed by atoms with Gasteiger partial charge in [0.25, 0.3) is 0 Å². The SMILES string of the molecule is CCC(COC)Nc1ccc(N)cn1. The molecule has 0 bridgehead atoms. The lowest BCUT2D eigenvalue weighted by molar-refractivity contribution is 0.184. The molecule has 0 amide bonds. The number of nitrogens with two attached hydrogens (primary N) is 1. The lowest BCUT2D eigenvalue weighted by atomic mass is 10.2. The van der Waals surface area contributed by atoms with E-state index in [-0.39, 0.29) is 0 Å². The first-order valence-corrected chi connectivity index (χ1v) is 4.73. The van der Waals surface area contributed by atoms with Crippen molar-refractivity contribution >= 4 is 11.5 Å². The Morgan fingerprint density at radius 1 is 1.57 bits per heavy atom. The molecule has 4 nitrogen and oxygen atoms in total. The number of hydrogen-bond acceptors (Lipinski definition) is 4. The quantitative estimate of drug-likeness (QED) is 0.747. The van der Waals surface area contributed by atoms with Crippen LogP contribution in [0.1, 0.15) is 13.3 Å². The van der Waals surface area contributed by atoms with Gasteiger partial charge in [0.15, 0.2) is 0 Å². The molecule has 14 heavy (non-hydrogen) atoms. The molecule has 0 saturated heterocycles. The zero-order valence-electron chi connectivity index (χ0n) is 8.66. The third kappa shape index (κ3) is 3.22. The minimum absolute atomic E-state index is 0.302. The first kappa shape index (κ1) is 10.8. The van der Waals surface area contributed by atoms with Crippen LogP contribution < -0.4 is 11.1 Å². The van der Waals surface area contributed by atoms with Crippen LogP contribution in [0.25, 0.3) is 0 Å². The van der Waals surface area contributed by atoms with Gasteiger partial charge >= 0.3 is 0 Å². The zero-order valence-corrected chi connectivity index (χ0v) is 8.66. The van der Waals surface area contributed by atoms with Crippen LogP contribution in [0.2, 0.25) is 0 Å². The summed E-state index contributed by atoms with van der Waals surface area (Å²) in [6, 6.07) is 4.00. The number of nitrogens with zero attached hydrogens (tertiary/aromatic N) is 1. The third-order valence-electron chi connectivity index (χ3n) is 2.00. The number of anilines is 2. The Bertz CT molecular complexity index is 261. The van der Waals surface area contributed by atoms with E-state index in [0.717, 1.165) is 12.2 Å². The van der Waals surface area contributed by atoms with Gasteiger partial charge in [-0.05, 0) is 18.6 Å². The number of rotatable bonds is 5. The number of hydrogen-bond donors (Lipinski definition) is 2. The van der Waals surface area contributed by atoms with Crippen LogP contribution in [-0.2, 0) is 4.74 Å². The normalized spacial score (nSPS) is 12.4. The van der Waals surface area contributed by atoms with Crippen molar-refractivity contribution in [3.63, 3.8) is 0 Å². The van der Waals surface area contributed by atoms with Crippen LogP contribution in [0.15, 0.2) is 18.3 Å². The van der Waals surface area contributed by atoms with Crippen molar-refractivity contribution in [1.82, 2.24) is 4.98 Å². The number of aromatic nitrogens is 1. The Kier molecular flexibility index (Phi) is 4.19. The molecular weight excluding hydrogens is 178 g/mol. The summed E-state index contributed by atoms with van der Waals surface area (Å²) in [5.41, 5.74) is 6.21. The Morgan fingerprint density at radius 2 is 2.36 bits per heavy atom. The monoisotopic (exact) mass is 195 g/mol. The number of ether oxygens (including phenoxy) is 1. The Hall–Kier alpha value is -1.29. The molecule has 1 aromatic heterocycles. The summed E-state index contributed by atoms with van der Waals surface area (Å²) in [6.07, 6.45) is 2.64. The zero-order chi connectivity index (χ0) is 10.4. The predicted molar refractivity (Wildman–Crippen MR) is 58.2 cm³/mol. The molecule has 1 rings (SSSR count). The van der Waals surface area contributed by atoms with Crippen molar-refractivity contribution in [3.05, 3.63) is 18.3 Å². The summed E-state index contributed by atoms with van der Waals surface area (Å²) < 4.78 is 5.08. The van der Waals surface area contributed by atoms with Crippen molar-refractivity contribution in [2.45, 2.75) is 19.4 Å². The van der Waals surface area contributed by atoms with Gasteiger partial charge in [-0.15, -0.1) is 0 Å². The van der Waals surface area contributed by atoms with E-state index in [0.29, 0.717) is 18.3 Å². The highest BCUT2D eigenvalue weighted by atomic mass is 16.5. The maximum atomic E-state index is 5.53. The van der Waals surface area contributed by atoms with E-state index in [2.05, 4.69) is 17.2 Å². The van der Waals surface area contributed by atoms with Crippen molar-refractivity contribution in [2.75, 3.05) is 24.8 Å². The molecule has 0 spiro atoms. The highest BCUT2D eigenvalue weighted by molar-refractivity contribution is 5.44. The first-order chi connectivity index (χ1) is 6.76. The maximum Gasteiger partial charge on any atom is 0.126 e. The van der Waals surface area contributed by atoms with Gasteiger partial charge in [-0.3, -0.25) is 0 Å². The molecule has 1 atom stereocenters. The predicted octanol–water partition coefficient (Wildman–Crippen LogP) is 1.50. The average molecular weight is 195 g/mol. The summed E-state index contributed by atoms with van der Waals surface area (Å²) in [6.45, 7) is 2.79. The molecule has 0 radical (unpaired) electrons. The largest absolute Gasteiger partial charge is 0.397 e. The highest BCUT2D eigenvalue weighted by Gasteiger charge is 2.05. The van der Waals surface area contributed by atoms with Crippen LogP contribution >= 0.6 is 0 Å². The molecule has 78 valence electrons. The number of nitrogens with one attached hydrogen (secondary N) is 1. The van der Waals surface area contributed by atoms with E-state index in [1.807, 2.05) is 12.1 Å². The van der Waals surface area contributed by atoms with Crippen LogP contribution in [0.4, 0.5) is 11.5 Å². The topological polar surface area (TPSA) is 60.2 Å². The summed E-state index contributed by atoms with van der Waals surface area (Å²) in [4.78, 5) is 4.16. The van der Waals surface area contributed by atoms with E-state index in [1.165, 1.54) is 0 Å². The number of nitrogen functional groups attached to an aromatic ring is 1. The van der Waals surface area contributed by atoms with Crippen molar-refractivity contribution in [3.8, 4) is 0 Å². The molecule has 0 saturated carbocycles. The fraction of sp³-hybridized carbons (Fsp3) is 0.500. The van der Waals surface area contributed by atoms with E-state index < -0.39 is 0 Å². The molecule has 3 N–H and O–H groups in total. The van der Waals surface area contributed by atoms with Gasteiger partial charge < -0.3 is 15.8 Å². The second-order valence-electron chi connectivity index (χ2n) is 3.18. The molecular formula is C10H17N3O. The molecule has 1 unspecified atom stereocenters. The van der Waals surface area contributed by atoms with Gasteiger partial charge in [0.2, 0.25) is 0 Å². The molecule has 0 fully saturated rings. The summed E-state index contributed by atoms with van der Waals surface area (Å²) in [5.74, 6) is 0.836. The number of pyridine rings is 1. The fourth-order valence-corrected chi connectivity index (χ4v) is 1.16. The highest BCUT2D eigenvalue weighted by Crippen LogP contribution is 2.08. The Morgan fingerprint density at radius 3 is 2.86 bits per heavy atom. The second-order valence-corrected chi connectivity index (χ2v) is 3.18. The molecule has 1 heterocycles. The minimum Gasteiger partial charge on any atom is -0.397 e. The Labute approximate surface area is 84.5 Å². The van der Waals surface area contributed by atoms with Crippen LogP contribution in [0.3, 0.4) is 0 Å². The van der Waals surface area contributed by atoms with Gasteiger partial charge in [0, 0.05) is 7.11 Å². The minimum atomic E-state index is 0.302. The van der Waals surface area contributed by atoms with Gasteiger partial charge in [-0.2, -0.15) is 0 Å². The number of methoxy groups -OCH3 is 1. The summed E-state index contributed by atoms with van der Waals surface area (Å²) in [5, 5.41) is 3.27. The summed E-state index contributed by atoms with van der Waals surface area (Å²) >= 11 is 0. The van der Waals surface area contributed by atoms with Gasteiger partial charge in [0.1, 0.15) is 5.82 Å². The molecule has 0 aromatic carbocycles. The smallest absolute Gasteiger partial charge is 0.126 e. The van der Waals surface area contributed by atoms with Gasteiger partial charge in [0.05, 0.1) is 24.5 Å². The van der Waals surface area contributed by atoms with Crippen molar-refractivity contribution in [2.24, 2.45) is 0 Å². The summed E-state index contributed by atoms with van der Waals surface area (Å²) in [7, 11) is 1.70. The standard InChI is InChI=1S/C10H17N3O/c1-3-9(7-14-2)13-10-5-4-8(11)6-12-10/h4-6,9H,3,7,11H2,1-2H3,(H,12,13). The van der Waals surface area contributed by atoms with Crippen molar-refractivity contribution < 1.29 is 4.74 Å². The molecule has 0 aliphatic rings. The van der Waals surface area contributed by atoms with Crippen LogP contribution in [-0.4, -0.2) is 24.7 Å². The van der Waals surface area contributed by atoms with Crippen molar-refractivity contribution in [1.29, 1.82) is 0 Å². The lowest BCUT2D eigenvalue weighted by Crippen LogP contribution is -2.24. The maximum absolute atomic E-state index is 5.53. The molecule has 1 aromatic rings. The molecule has 0 aliphatic carbocycles. The second kappa shape index (κ2) is 5.44. The molecule has 0 aliphatic heterocycles. The fourth-order valence-electron chi connectivity index (χ4n) is 1.16.